The summed E-state index contributed by atoms with van der Waals surface area (Å²) in [5.41, 5.74) is 2.31. The Bertz CT molecular complexity index is 1150. The molecule has 0 aliphatic heterocycles. The minimum atomic E-state index is -0.169. The number of carbonyl (C=O) groups excluding carboxylic acids is 1. The molecule has 6 nitrogen and oxygen atoms in total. The fourth-order valence-electron chi connectivity index (χ4n) is 2.74. The number of fused-ring (bicyclic) bond motifs is 2. The normalized spacial score (nSPS) is 11.2. The first-order valence-corrected chi connectivity index (χ1v) is 7.31. The number of hydrogen-bond donors (Lipinski definition) is 0. The molecule has 0 saturated heterocycles. The summed E-state index contributed by atoms with van der Waals surface area (Å²) in [4.78, 5) is 31.9. The zero-order valence-electron chi connectivity index (χ0n) is 12.6. The van der Waals surface area contributed by atoms with E-state index < -0.39 is 0 Å². The quantitative estimate of drug-likeness (QED) is 0.412. The molecule has 24 heavy (non-hydrogen) atoms. The number of nitrogens with zero attached hydrogens (tertiary/aromatic N) is 4. The van der Waals surface area contributed by atoms with Gasteiger partial charge in [-0.05, 0) is 23.6 Å². The van der Waals surface area contributed by atoms with Crippen LogP contribution in [0.3, 0.4) is 0 Å². The van der Waals surface area contributed by atoms with Gasteiger partial charge in [0, 0.05) is 36.5 Å². The highest BCUT2D eigenvalue weighted by atomic mass is 16.1. The third-order valence-electron chi connectivity index (χ3n) is 3.92. The van der Waals surface area contributed by atoms with Crippen molar-refractivity contribution < 1.29 is 4.79 Å². The summed E-state index contributed by atoms with van der Waals surface area (Å²) < 4.78 is 3.33. The van der Waals surface area contributed by atoms with E-state index in [2.05, 4.69) is 9.97 Å². The fourth-order valence-corrected chi connectivity index (χ4v) is 2.74. The molecule has 0 unspecified atom stereocenters. The number of carbonyl (C=O) groups is 1. The summed E-state index contributed by atoms with van der Waals surface area (Å²) in [6.45, 7) is 0.321. The lowest BCUT2D eigenvalue weighted by molar-refractivity contribution is 0.112. The Morgan fingerprint density at radius 3 is 2.83 bits per heavy atom. The third kappa shape index (κ3) is 2.30. The van der Waals surface area contributed by atoms with Gasteiger partial charge in [-0.15, -0.1) is 0 Å². The van der Waals surface area contributed by atoms with E-state index in [9.17, 15) is 9.59 Å². The van der Waals surface area contributed by atoms with Gasteiger partial charge in [-0.2, -0.15) is 0 Å². The highest BCUT2D eigenvalue weighted by Crippen LogP contribution is 2.09. The van der Waals surface area contributed by atoms with Crippen molar-refractivity contribution >= 4 is 36.0 Å². The van der Waals surface area contributed by atoms with E-state index in [1.165, 1.54) is 12.4 Å². The predicted molar refractivity (Wildman–Crippen MR) is 91.1 cm³/mol. The molecule has 0 aliphatic carbocycles. The molecule has 4 aromatic rings. The largest absolute Gasteiger partial charge is 0.309 e. The molecule has 114 valence electrons. The Morgan fingerprint density at radius 2 is 2.00 bits per heavy atom. The molecule has 0 fully saturated rings. The first-order chi connectivity index (χ1) is 11.7. The van der Waals surface area contributed by atoms with E-state index in [4.69, 9.17) is 7.85 Å². The Kier molecular flexibility index (Phi) is 3.27. The van der Waals surface area contributed by atoms with Gasteiger partial charge in [0.1, 0.15) is 13.5 Å². The molecule has 0 bridgehead atoms. The molecule has 0 saturated carbocycles. The molecule has 4 aromatic heterocycles. The zero-order chi connectivity index (χ0) is 16.7. The monoisotopic (exact) mass is 314 g/mol. The van der Waals surface area contributed by atoms with Crippen molar-refractivity contribution in [2.75, 3.05) is 0 Å². The van der Waals surface area contributed by atoms with Gasteiger partial charge >= 0.3 is 0 Å². The van der Waals surface area contributed by atoms with E-state index in [0.29, 0.717) is 28.3 Å². The number of aldehydes is 1. The van der Waals surface area contributed by atoms with Gasteiger partial charge in [-0.1, -0.05) is 5.46 Å². The Balaban J connectivity index is 1.78. The Labute approximate surface area is 137 Å². The van der Waals surface area contributed by atoms with Crippen molar-refractivity contribution in [2.24, 2.45) is 0 Å². The molecule has 7 heteroatoms. The second-order valence-electron chi connectivity index (χ2n) is 5.52. The van der Waals surface area contributed by atoms with Crippen LogP contribution in [0.4, 0.5) is 0 Å². The van der Waals surface area contributed by atoms with Crippen LogP contribution >= 0.6 is 0 Å². The predicted octanol–water partition coefficient (Wildman–Crippen LogP) is 0.699. The molecular weight excluding hydrogens is 303 g/mol. The minimum Gasteiger partial charge on any atom is -0.309 e. The van der Waals surface area contributed by atoms with E-state index in [-0.39, 0.29) is 5.56 Å². The van der Waals surface area contributed by atoms with E-state index in [1.54, 1.807) is 45.8 Å². The SMILES string of the molecule is [B]c1cncc2c(=O)n(Cc3cn4cc(C=O)ccc4n3)ccc12. The summed E-state index contributed by atoms with van der Waals surface area (Å²) in [5, 5.41) is 1.17. The molecular formula is C17H11BN4O2. The lowest BCUT2D eigenvalue weighted by Gasteiger charge is -2.06. The van der Waals surface area contributed by atoms with Gasteiger partial charge < -0.3 is 8.97 Å². The zero-order valence-corrected chi connectivity index (χ0v) is 12.6. The summed E-state index contributed by atoms with van der Waals surface area (Å²) in [6.07, 6.45) is 9.03. The topological polar surface area (TPSA) is 69.3 Å². The molecule has 0 amide bonds. The number of pyridine rings is 3. The van der Waals surface area contributed by atoms with Crippen LogP contribution in [0.5, 0.6) is 0 Å². The van der Waals surface area contributed by atoms with Gasteiger partial charge in [-0.3, -0.25) is 14.6 Å². The lowest BCUT2D eigenvalue weighted by Crippen LogP contribution is -2.22. The highest BCUT2D eigenvalue weighted by Gasteiger charge is 2.08. The molecule has 4 heterocycles. The number of imidazole rings is 1. The number of aromatic nitrogens is 4. The van der Waals surface area contributed by atoms with Crippen LogP contribution in [-0.4, -0.2) is 33.1 Å². The molecule has 0 atom stereocenters. The summed E-state index contributed by atoms with van der Waals surface area (Å²) in [7, 11) is 5.85. The third-order valence-corrected chi connectivity index (χ3v) is 3.92. The van der Waals surface area contributed by atoms with E-state index >= 15 is 0 Å². The average molecular weight is 314 g/mol. The maximum atomic E-state index is 12.6. The molecule has 0 aliphatic rings. The number of hydrogen-bond acceptors (Lipinski definition) is 4. The molecule has 4 rings (SSSR count). The van der Waals surface area contributed by atoms with Gasteiger partial charge in [0.15, 0.2) is 6.29 Å². The van der Waals surface area contributed by atoms with E-state index in [1.807, 2.05) is 0 Å². The Hall–Kier alpha value is -3.22. The second-order valence-corrected chi connectivity index (χ2v) is 5.52. The molecule has 2 radical (unpaired) electrons. The molecule has 0 N–H and O–H groups in total. The highest BCUT2D eigenvalue weighted by molar-refractivity contribution is 6.38. The minimum absolute atomic E-state index is 0.169. The van der Waals surface area contributed by atoms with Crippen LogP contribution in [0.15, 0.2) is 54.0 Å². The molecule has 0 spiro atoms. The lowest BCUT2D eigenvalue weighted by atomic mass is 9.93. The van der Waals surface area contributed by atoms with Gasteiger partial charge in [0.2, 0.25) is 0 Å². The van der Waals surface area contributed by atoms with Crippen LogP contribution in [0, 0.1) is 0 Å². The summed E-state index contributed by atoms with van der Waals surface area (Å²) >= 11 is 0. The van der Waals surface area contributed by atoms with Crippen LogP contribution in [0.25, 0.3) is 16.4 Å². The van der Waals surface area contributed by atoms with Crippen molar-refractivity contribution in [3.05, 3.63) is 70.8 Å². The first kappa shape index (κ1) is 14.4. The fraction of sp³-hybridized carbons (Fsp3) is 0.0588. The summed E-state index contributed by atoms with van der Waals surface area (Å²) in [6, 6.07) is 5.27. The standard InChI is InChI=1S/C17H11BN4O2/c18-15-6-19-5-14-13(15)3-4-21(17(14)24)8-12-9-22-7-11(10-23)1-2-16(22)20-12/h1-7,9-10H,8H2. The van der Waals surface area contributed by atoms with Crippen molar-refractivity contribution in [3.63, 3.8) is 0 Å². The summed E-state index contributed by atoms with van der Waals surface area (Å²) in [5.74, 6) is 0. The average Bonchev–Trinajstić information content (AvgIpc) is 2.99. The number of rotatable bonds is 3. The smallest absolute Gasteiger partial charge is 0.260 e. The van der Waals surface area contributed by atoms with E-state index in [0.717, 1.165) is 17.6 Å². The van der Waals surface area contributed by atoms with Crippen molar-refractivity contribution in [1.82, 2.24) is 18.9 Å². The van der Waals surface area contributed by atoms with Crippen molar-refractivity contribution in [2.45, 2.75) is 6.54 Å². The molecule has 0 aromatic carbocycles. The Morgan fingerprint density at radius 1 is 1.12 bits per heavy atom. The maximum Gasteiger partial charge on any atom is 0.260 e. The van der Waals surface area contributed by atoms with Gasteiger partial charge in [0.05, 0.1) is 17.6 Å². The van der Waals surface area contributed by atoms with Crippen LogP contribution in [-0.2, 0) is 6.54 Å². The second kappa shape index (κ2) is 5.45. The first-order valence-electron chi connectivity index (χ1n) is 7.31. The maximum absolute atomic E-state index is 12.6. The van der Waals surface area contributed by atoms with Crippen molar-refractivity contribution in [1.29, 1.82) is 0 Å². The van der Waals surface area contributed by atoms with Crippen LogP contribution in [0.1, 0.15) is 16.1 Å². The van der Waals surface area contributed by atoms with Gasteiger partial charge in [-0.25, -0.2) is 4.98 Å². The van der Waals surface area contributed by atoms with Crippen LogP contribution in [0.2, 0.25) is 0 Å². The van der Waals surface area contributed by atoms with Crippen molar-refractivity contribution in [3.8, 4) is 0 Å². The van der Waals surface area contributed by atoms with Gasteiger partial charge in [0.25, 0.3) is 5.56 Å². The van der Waals surface area contributed by atoms with Crippen LogP contribution < -0.4 is 11.0 Å².